The van der Waals surface area contributed by atoms with E-state index in [1.54, 1.807) is 0 Å². The molecule has 0 aliphatic carbocycles. The van der Waals surface area contributed by atoms with Gasteiger partial charge in [-0.3, -0.25) is 9.59 Å². The minimum Gasteiger partial charge on any atom is -0.422 e. The predicted molar refractivity (Wildman–Crippen MR) is 81.8 cm³/mol. The lowest BCUT2D eigenvalue weighted by Crippen LogP contribution is -2.28. The van der Waals surface area contributed by atoms with Crippen molar-refractivity contribution in [2.75, 3.05) is 0 Å². The first-order chi connectivity index (χ1) is 11.0. The highest BCUT2D eigenvalue weighted by Crippen LogP contribution is 2.18. The summed E-state index contributed by atoms with van der Waals surface area (Å²) < 4.78 is 5.42. The molecule has 0 aliphatic heterocycles. The first-order valence-corrected chi connectivity index (χ1v) is 7.13. The number of carbonyl (C=O) groups excluding carboxylic acids is 2. The van der Waals surface area contributed by atoms with Crippen LogP contribution in [0.15, 0.2) is 28.7 Å². The van der Waals surface area contributed by atoms with E-state index in [4.69, 9.17) is 15.9 Å². The highest BCUT2D eigenvalue weighted by Gasteiger charge is 2.21. The fraction of sp³-hybridized carbons (Fsp3) is 0.333. The molecule has 0 spiro atoms. The Balaban J connectivity index is 2.16. The molecule has 0 aliphatic rings. The standard InChI is InChI=1S/C15H19N5O3/c1-9(21)18-12(6-10-2-4-11(8-16)5-3-10)15-20-19-14(23-15)7-13(17)22/h2-5,12H,6-8,16H2,1H3,(H2,17,22)(H,18,21). The molecular formula is C15H19N5O3. The molecule has 1 atom stereocenters. The van der Waals surface area contributed by atoms with Gasteiger partial charge in [-0.05, 0) is 11.1 Å². The monoisotopic (exact) mass is 317 g/mol. The Labute approximate surface area is 133 Å². The SMILES string of the molecule is CC(=O)NC(Cc1ccc(CN)cc1)c1nnc(CC(N)=O)o1. The number of nitrogens with one attached hydrogen (secondary N) is 1. The summed E-state index contributed by atoms with van der Waals surface area (Å²) in [5.74, 6) is -0.419. The van der Waals surface area contributed by atoms with Crippen LogP contribution in [0.5, 0.6) is 0 Å². The van der Waals surface area contributed by atoms with Crippen molar-refractivity contribution in [3.8, 4) is 0 Å². The zero-order chi connectivity index (χ0) is 16.8. The zero-order valence-electron chi connectivity index (χ0n) is 12.8. The van der Waals surface area contributed by atoms with Gasteiger partial charge in [-0.1, -0.05) is 24.3 Å². The highest BCUT2D eigenvalue weighted by molar-refractivity contribution is 5.75. The molecule has 0 saturated heterocycles. The second kappa shape index (κ2) is 7.50. The number of amides is 2. The molecule has 1 heterocycles. The number of aromatic nitrogens is 2. The topological polar surface area (TPSA) is 137 Å². The number of nitrogens with two attached hydrogens (primary N) is 2. The highest BCUT2D eigenvalue weighted by atomic mass is 16.4. The van der Waals surface area contributed by atoms with Gasteiger partial charge in [0, 0.05) is 19.9 Å². The second-order valence-electron chi connectivity index (χ2n) is 5.15. The molecule has 0 saturated carbocycles. The van der Waals surface area contributed by atoms with Gasteiger partial charge in [-0.15, -0.1) is 10.2 Å². The summed E-state index contributed by atoms with van der Waals surface area (Å²) >= 11 is 0. The molecule has 8 heteroatoms. The maximum atomic E-state index is 11.4. The van der Waals surface area contributed by atoms with Crippen LogP contribution in [0.1, 0.15) is 35.9 Å². The molecule has 0 fully saturated rings. The van der Waals surface area contributed by atoms with Crippen molar-refractivity contribution >= 4 is 11.8 Å². The summed E-state index contributed by atoms with van der Waals surface area (Å²) in [6, 6.07) is 7.22. The van der Waals surface area contributed by atoms with Gasteiger partial charge >= 0.3 is 0 Å². The molecule has 5 N–H and O–H groups in total. The number of benzene rings is 1. The van der Waals surface area contributed by atoms with Crippen molar-refractivity contribution in [2.45, 2.75) is 32.4 Å². The number of carbonyl (C=O) groups is 2. The van der Waals surface area contributed by atoms with Crippen molar-refractivity contribution in [2.24, 2.45) is 11.5 Å². The molecule has 1 aromatic carbocycles. The minimum atomic E-state index is -0.561. The van der Waals surface area contributed by atoms with Crippen LogP contribution in [0.2, 0.25) is 0 Å². The maximum absolute atomic E-state index is 11.4. The summed E-state index contributed by atoms with van der Waals surface area (Å²) in [6.07, 6.45) is 0.341. The van der Waals surface area contributed by atoms with Gasteiger partial charge in [0.25, 0.3) is 0 Å². The molecule has 2 aromatic rings. The van der Waals surface area contributed by atoms with Crippen LogP contribution in [0.3, 0.4) is 0 Å². The van der Waals surface area contributed by atoms with Gasteiger partial charge in [0.1, 0.15) is 12.5 Å². The van der Waals surface area contributed by atoms with Crippen molar-refractivity contribution in [3.63, 3.8) is 0 Å². The van der Waals surface area contributed by atoms with E-state index in [2.05, 4.69) is 15.5 Å². The summed E-state index contributed by atoms with van der Waals surface area (Å²) in [5, 5.41) is 10.4. The Morgan fingerprint density at radius 3 is 2.43 bits per heavy atom. The van der Waals surface area contributed by atoms with Crippen LogP contribution in [-0.2, 0) is 29.0 Å². The normalized spacial score (nSPS) is 11.9. The zero-order valence-corrected chi connectivity index (χ0v) is 12.8. The lowest BCUT2D eigenvalue weighted by molar-refractivity contribution is -0.120. The molecule has 2 amide bonds. The molecule has 1 aromatic heterocycles. The molecule has 2 rings (SSSR count). The number of nitrogens with zero attached hydrogens (tertiary/aromatic N) is 2. The van der Waals surface area contributed by atoms with E-state index in [0.29, 0.717) is 13.0 Å². The Hall–Kier alpha value is -2.74. The molecule has 8 nitrogen and oxygen atoms in total. The summed E-state index contributed by atoms with van der Waals surface area (Å²) in [6.45, 7) is 1.88. The van der Waals surface area contributed by atoms with Gasteiger partial charge in [-0.2, -0.15) is 0 Å². The fourth-order valence-corrected chi connectivity index (χ4v) is 2.12. The molecular weight excluding hydrogens is 298 g/mol. The number of primary amides is 1. The first kappa shape index (κ1) is 16.6. The number of rotatable bonds is 7. The number of hydrogen-bond acceptors (Lipinski definition) is 6. The molecule has 0 radical (unpaired) electrons. The maximum Gasteiger partial charge on any atom is 0.239 e. The van der Waals surface area contributed by atoms with E-state index in [-0.39, 0.29) is 24.1 Å². The van der Waals surface area contributed by atoms with Gasteiger partial charge in [0.2, 0.25) is 23.6 Å². The van der Waals surface area contributed by atoms with Crippen LogP contribution < -0.4 is 16.8 Å². The average Bonchev–Trinajstić information content (AvgIpc) is 2.94. The Bertz CT molecular complexity index is 681. The lowest BCUT2D eigenvalue weighted by Gasteiger charge is -2.14. The minimum absolute atomic E-state index is 0.126. The van der Waals surface area contributed by atoms with Gasteiger partial charge in [-0.25, -0.2) is 0 Å². The van der Waals surface area contributed by atoms with Crippen LogP contribution >= 0.6 is 0 Å². The average molecular weight is 317 g/mol. The smallest absolute Gasteiger partial charge is 0.239 e. The van der Waals surface area contributed by atoms with Crippen molar-refractivity contribution in [3.05, 3.63) is 47.2 Å². The van der Waals surface area contributed by atoms with E-state index in [0.717, 1.165) is 11.1 Å². The third-order valence-electron chi connectivity index (χ3n) is 3.18. The second-order valence-corrected chi connectivity index (χ2v) is 5.15. The Morgan fingerprint density at radius 2 is 1.87 bits per heavy atom. The van der Waals surface area contributed by atoms with E-state index < -0.39 is 11.9 Å². The van der Waals surface area contributed by atoms with E-state index >= 15 is 0 Å². The van der Waals surface area contributed by atoms with Gasteiger partial charge < -0.3 is 21.2 Å². The quantitative estimate of drug-likeness (QED) is 0.656. The van der Waals surface area contributed by atoms with E-state index in [9.17, 15) is 9.59 Å². The molecule has 23 heavy (non-hydrogen) atoms. The van der Waals surface area contributed by atoms with Crippen molar-refractivity contribution < 1.29 is 14.0 Å². The largest absolute Gasteiger partial charge is 0.422 e. The van der Waals surface area contributed by atoms with Crippen LogP contribution in [0.25, 0.3) is 0 Å². The predicted octanol–water partition coefficient (Wildman–Crippen LogP) is -0.0240. The lowest BCUT2D eigenvalue weighted by atomic mass is 10.0. The van der Waals surface area contributed by atoms with Crippen molar-refractivity contribution in [1.82, 2.24) is 15.5 Å². The third-order valence-corrected chi connectivity index (χ3v) is 3.18. The summed E-state index contributed by atoms with van der Waals surface area (Å²) in [7, 11) is 0. The fourth-order valence-electron chi connectivity index (χ4n) is 2.12. The third kappa shape index (κ3) is 4.89. The van der Waals surface area contributed by atoms with Crippen molar-refractivity contribution in [1.29, 1.82) is 0 Å². The molecule has 0 bridgehead atoms. The number of hydrogen-bond donors (Lipinski definition) is 3. The molecule has 1 unspecified atom stereocenters. The van der Waals surface area contributed by atoms with Crippen LogP contribution in [-0.4, -0.2) is 22.0 Å². The van der Waals surface area contributed by atoms with E-state index in [1.807, 2.05) is 24.3 Å². The Kier molecular flexibility index (Phi) is 5.42. The Morgan fingerprint density at radius 1 is 1.22 bits per heavy atom. The van der Waals surface area contributed by atoms with Crippen LogP contribution in [0.4, 0.5) is 0 Å². The van der Waals surface area contributed by atoms with E-state index in [1.165, 1.54) is 6.92 Å². The van der Waals surface area contributed by atoms with Crippen LogP contribution in [0, 0.1) is 0 Å². The molecule has 122 valence electrons. The van der Waals surface area contributed by atoms with Gasteiger partial charge in [0.05, 0.1) is 0 Å². The summed E-state index contributed by atoms with van der Waals surface area (Å²) in [5.41, 5.74) is 12.7. The van der Waals surface area contributed by atoms with Gasteiger partial charge in [0.15, 0.2) is 0 Å². The summed E-state index contributed by atoms with van der Waals surface area (Å²) in [4.78, 5) is 22.3. The first-order valence-electron chi connectivity index (χ1n) is 7.13.